The Hall–Kier alpha value is -0.940. The van der Waals surface area contributed by atoms with Crippen molar-refractivity contribution in [1.29, 1.82) is 0 Å². The van der Waals surface area contributed by atoms with Crippen molar-refractivity contribution in [2.24, 2.45) is 0 Å². The van der Waals surface area contributed by atoms with Gasteiger partial charge in [0.05, 0.1) is 12.5 Å². The van der Waals surface area contributed by atoms with Gasteiger partial charge in [-0.2, -0.15) is 4.98 Å². The smallest absolute Gasteiger partial charge is 0.229 e. The largest absolute Gasteiger partial charge is 0.393 e. The van der Waals surface area contributed by atoms with Gasteiger partial charge in [-0.3, -0.25) is 4.90 Å². The van der Waals surface area contributed by atoms with E-state index in [2.05, 4.69) is 28.9 Å². The molecule has 1 N–H and O–H groups in total. The van der Waals surface area contributed by atoms with Crippen molar-refractivity contribution in [2.45, 2.75) is 71.1 Å². The molecule has 2 rings (SSSR count). The molecule has 19 heavy (non-hydrogen) atoms. The number of piperidine rings is 1. The molecule has 1 fully saturated rings. The zero-order chi connectivity index (χ0) is 13.8. The zero-order valence-electron chi connectivity index (χ0n) is 12.2. The average Bonchev–Trinajstić information content (AvgIpc) is 2.76. The van der Waals surface area contributed by atoms with Crippen LogP contribution in [0.2, 0.25) is 0 Å². The highest BCUT2D eigenvalue weighted by atomic mass is 16.5. The van der Waals surface area contributed by atoms with Gasteiger partial charge < -0.3 is 9.63 Å². The first-order chi connectivity index (χ1) is 9.06. The SMILES string of the molecule is CC(O)Cc1nc(CC2CCCCN2C(C)C)no1. The molecule has 2 unspecified atom stereocenters. The molecule has 2 heterocycles. The van der Waals surface area contributed by atoms with Gasteiger partial charge in [-0.05, 0) is 40.2 Å². The second-order valence-electron chi connectivity index (χ2n) is 5.84. The van der Waals surface area contributed by atoms with Gasteiger partial charge in [0.2, 0.25) is 5.89 Å². The Kier molecular flexibility index (Phi) is 4.93. The first kappa shape index (κ1) is 14.5. The van der Waals surface area contributed by atoms with Crippen LogP contribution in [-0.2, 0) is 12.8 Å². The van der Waals surface area contributed by atoms with Crippen LogP contribution in [0.4, 0.5) is 0 Å². The topological polar surface area (TPSA) is 62.4 Å². The highest BCUT2D eigenvalue weighted by Gasteiger charge is 2.26. The van der Waals surface area contributed by atoms with E-state index >= 15 is 0 Å². The Labute approximate surface area is 115 Å². The molecule has 0 radical (unpaired) electrons. The number of likely N-dealkylation sites (tertiary alicyclic amines) is 1. The molecule has 5 nitrogen and oxygen atoms in total. The minimum Gasteiger partial charge on any atom is -0.393 e. The fourth-order valence-electron chi connectivity index (χ4n) is 2.84. The molecular weight excluding hydrogens is 242 g/mol. The van der Waals surface area contributed by atoms with E-state index in [1.807, 2.05) is 0 Å². The molecule has 0 bridgehead atoms. The first-order valence-corrected chi connectivity index (χ1v) is 7.31. The third-order valence-electron chi connectivity index (χ3n) is 3.73. The standard InChI is InChI=1S/C14H25N3O2/c1-10(2)17-7-5-4-6-12(17)9-13-15-14(19-16-13)8-11(3)18/h10-12,18H,4-9H2,1-3H3. The van der Waals surface area contributed by atoms with Crippen LogP contribution in [0.5, 0.6) is 0 Å². The van der Waals surface area contributed by atoms with Crippen LogP contribution >= 0.6 is 0 Å². The van der Waals surface area contributed by atoms with E-state index in [1.165, 1.54) is 25.8 Å². The van der Waals surface area contributed by atoms with Crippen molar-refractivity contribution < 1.29 is 9.63 Å². The predicted octanol–water partition coefficient (Wildman–Crippen LogP) is 1.80. The molecular formula is C14H25N3O2. The molecule has 5 heteroatoms. The number of nitrogens with zero attached hydrogens (tertiary/aromatic N) is 3. The van der Waals surface area contributed by atoms with Crippen LogP contribution in [0.1, 0.15) is 51.7 Å². The van der Waals surface area contributed by atoms with Gasteiger partial charge in [-0.15, -0.1) is 0 Å². The Bertz CT molecular complexity index is 390. The molecule has 0 spiro atoms. The average molecular weight is 267 g/mol. The van der Waals surface area contributed by atoms with Crippen LogP contribution < -0.4 is 0 Å². The van der Waals surface area contributed by atoms with Crippen LogP contribution in [0.15, 0.2) is 4.52 Å². The van der Waals surface area contributed by atoms with Crippen molar-refractivity contribution in [3.05, 3.63) is 11.7 Å². The summed E-state index contributed by atoms with van der Waals surface area (Å²) < 4.78 is 5.17. The Morgan fingerprint density at radius 3 is 2.84 bits per heavy atom. The molecule has 0 aromatic carbocycles. The quantitative estimate of drug-likeness (QED) is 0.881. The molecule has 1 aliphatic heterocycles. The van der Waals surface area contributed by atoms with E-state index in [-0.39, 0.29) is 0 Å². The first-order valence-electron chi connectivity index (χ1n) is 7.31. The summed E-state index contributed by atoms with van der Waals surface area (Å²) in [6, 6.07) is 1.08. The highest BCUT2D eigenvalue weighted by Crippen LogP contribution is 2.22. The summed E-state index contributed by atoms with van der Waals surface area (Å²) in [5.41, 5.74) is 0. The van der Waals surface area contributed by atoms with Gasteiger partial charge in [0.1, 0.15) is 0 Å². The molecule has 0 saturated carbocycles. The summed E-state index contributed by atoms with van der Waals surface area (Å²) in [6.07, 6.45) is 4.63. The summed E-state index contributed by atoms with van der Waals surface area (Å²) in [7, 11) is 0. The Morgan fingerprint density at radius 1 is 1.37 bits per heavy atom. The van der Waals surface area contributed by atoms with Gasteiger partial charge in [0.25, 0.3) is 0 Å². The summed E-state index contributed by atoms with van der Waals surface area (Å²) in [6.45, 7) is 7.38. The van der Waals surface area contributed by atoms with Crippen molar-refractivity contribution in [3.8, 4) is 0 Å². The van der Waals surface area contributed by atoms with Gasteiger partial charge in [-0.1, -0.05) is 11.6 Å². The highest BCUT2D eigenvalue weighted by molar-refractivity contribution is 4.93. The minimum absolute atomic E-state index is 0.435. The van der Waals surface area contributed by atoms with Crippen molar-refractivity contribution >= 4 is 0 Å². The summed E-state index contributed by atoms with van der Waals surface area (Å²) >= 11 is 0. The van der Waals surface area contributed by atoms with Crippen molar-refractivity contribution in [1.82, 2.24) is 15.0 Å². The lowest BCUT2D eigenvalue weighted by atomic mass is 9.97. The maximum Gasteiger partial charge on any atom is 0.229 e. The zero-order valence-corrected chi connectivity index (χ0v) is 12.2. The maximum atomic E-state index is 9.32. The Morgan fingerprint density at radius 2 is 2.16 bits per heavy atom. The number of aliphatic hydroxyl groups excluding tert-OH is 1. The van der Waals surface area contributed by atoms with Crippen LogP contribution in [0, 0.1) is 0 Å². The van der Waals surface area contributed by atoms with E-state index in [1.54, 1.807) is 6.92 Å². The van der Waals surface area contributed by atoms with E-state index in [9.17, 15) is 5.11 Å². The van der Waals surface area contributed by atoms with E-state index in [0.717, 1.165) is 12.2 Å². The lowest BCUT2D eigenvalue weighted by Gasteiger charge is -2.38. The molecule has 1 aliphatic rings. The van der Waals surface area contributed by atoms with Gasteiger partial charge in [0, 0.05) is 18.5 Å². The molecule has 0 aliphatic carbocycles. The van der Waals surface area contributed by atoms with Gasteiger partial charge in [0.15, 0.2) is 5.82 Å². The fraction of sp³-hybridized carbons (Fsp3) is 0.857. The third kappa shape index (κ3) is 4.01. The van der Waals surface area contributed by atoms with Crippen molar-refractivity contribution in [3.63, 3.8) is 0 Å². The molecule has 1 saturated heterocycles. The molecule has 108 valence electrons. The molecule has 1 aromatic rings. The number of aromatic nitrogens is 2. The number of hydrogen-bond donors (Lipinski definition) is 1. The number of hydrogen-bond acceptors (Lipinski definition) is 5. The molecule has 2 atom stereocenters. The maximum absolute atomic E-state index is 9.32. The van der Waals surface area contributed by atoms with Crippen molar-refractivity contribution in [2.75, 3.05) is 6.54 Å². The second kappa shape index (κ2) is 6.48. The number of rotatable bonds is 5. The normalized spacial score (nSPS) is 22.9. The van der Waals surface area contributed by atoms with Gasteiger partial charge in [-0.25, -0.2) is 0 Å². The fourth-order valence-corrected chi connectivity index (χ4v) is 2.84. The summed E-state index contributed by atoms with van der Waals surface area (Å²) in [5, 5.41) is 13.3. The van der Waals surface area contributed by atoms with E-state index < -0.39 is 6.10 Å². The second-order valence-corrected chi connectivity index (χ2v) is 5.84. The van der Waals surface area contributed by atoms with Crippen LogP contribution in [-0.4, -0.2) is 44.9 Å². The lowest BCUT2D eigenvalue weighted by Crippen LogP contribution is -2.45. The lowest BCUT2D eigenvalue weighted by molar-refractivity contribution is 0.109. The van der Waals surface area contributed by atoms with E-state index in [0.29, 0.717) is 24.4 Å². The third-order valence-corrected chi connectivity index (χ3v) is 3.73. The number of aliphatic hydroxyl groups is 1. The molecule has 1 aromatic heterocycles. The minimum atomic E-state index is -0.435. The Balaban J connectivity index is 1.96. The molecule has 0 amide bonds. The summed E-state index contributed by atoms with van der Waals surface area (Å²) in [4.78, 5) is 6.91. The van der Waals surface area contributed by atoms with E-state index in [4.69, 9.17) is 4.52 Å². The predicted molar refractivity (Wildman–Crippen MR) is 72.9 cm³/mol. The van der Waals surface area contributed by atoms with Crippen LogP contribution in [0.3, 0.4) is 0 Å². The summed E-state index contributed by atoms with van der Waals surface area (Å²) in [5.74, 6) is 1.31. The van der Waals surface area contributed by atoms with Gasteiger partial charge >= 0.3 is 0 Å². The van der Waals surface area contributed by atoms with Crippen LogP contribution in [0.25, 0.3) is 0 Å². The monoisotopic (exact) mass is 267 g/mol.